The molecule has 2 atom stereocenters. The van der Waals surface area contributed by atoms with Crippen LogP contribution >= 0.6 is 11.3 Å². The van der Waals surface area contributed by atoms with Gasteiger partial charge in [-0.25, -0.2) is 0 Å². The predicted octanol–water partition coefficient (Wildman–Crippen LogP) is 3.20. The molecule has 1 aromatic heterocycles. The van der Waals surface area contributed by atoms with Crippen molar-refractivity contribution < 1.29 is 9.84 Å². The minimum absolute atomic E-state index is 0.0112. The van der Waals surface area contributed by atoms with Gasteiger partial charge in [-0.1, -0.05) is 19.9 Å². The number of aliphatic hydroxyl groups is 1. The van der Waals surface area contributed by atoms with Crippen LogP contribution in [0.3, 0.4) is 0 Å². The summed E-state index contributed by atoms with van der Waals surface area (Å²) in [5.74, 6) is 0. The van der Waals surface area contributed by atoms with Crippen LogP contribution in [0.25, 0.3) is 0 Å². The van der Waals surface area contributed by atoms with Crippen molar-refractivity contribution in [3.63, 3.8) is 0 Å². The fourth-order valence-electron chi connectivity index (χ4n) is 2.71. The summed E-state index contributed by atoms with van der Waals surface area (Å²) in [6.07, 6.45) is 2.86. The maximum Gasteiger partial charge on any atom is 0.0813 e. The second-order valence-corrected chi connectivity index (χ2v) is 5.60. The molecule has 1 aliphatic carbocycles. The Kier molecular flexibility index (Phi) is 3.67. The van der Waals surface area contributed by atoms with E-state index in [2.05, 4.69) is 25.3 Å². The van der Waals surface area contributed by atoms with Gasteiger partial charge in [0, 0.05) is 16.7 Å². The zero-order chi connectivity index (χ0) is 11.6. The summed E-state index contributed by atoms with van der Waals surface area (Å²) >= 11 is 1.73. The first-order chi connectivity index (χ1) is 7.73. The summed E-state index contributed by atoms with van der Waals surface area (Å²) in [5, 5.41) is 12.0. The van der Waals surface area contributed by atoms with Crippen LogP contribution in [0.2, 0.25) is 0 Å². The van der Waals surface area contributed by atoms with Gasteiger partial charge in [0.1, 0.15) is 0 Å². The summed E-state index contributed by atoms with van der Waals surface area (Å²) in [6.45, 7) is 4.98. The number of aliphatic hydroxyl groups excluding tert-OH is 1. The third-order valence-electron chi connectivity index (χ3n) is 4.07. The van der Waals surface area contributed by atoms with Gasteiger partial charge in [-0.05, 0) is 24.3 Å². The topological polar surface area (TPSA) is 29.5 Å². The van der Waals surface area contributed by atoms with Crippen LogP contribution in [-0.2, 0) is 11.3 Å². The number of hydrogen-bond donors (Lipinski definition) is 1. The average Bonchev–Trinajstić information content (AvgIpc) is 2.78. The van der Waals surface area contributed by atoms with E-state index >= 15 is 0 Å². The lowest BCUT2D eigenvalue weighted by atomic mass is 9.60. The molecule has 0 amide bonds. The molecule has 1 aromatic rings. The van der Waals surface area contributed by atoms with Gasteiger partial charge in [-0.15, -0.1) is 11.3 Å². The number of ether oxygens (including phenoxy) is 1. The zero-order valence-corrected chi connectivity index (χ0v) is 10.8. The zero-order valence-electron chi connectivity index (χ0n) is 9.98. The first-order valence-corrected chi connectivity index (χ1v) is 6.93. The molecule has 1 aliphatic rings. The molecule has 3 heteroatoms. The van der Waals surface area contributed by atoms with Gasteiger partial charge in [-0.3, -0.25) is 0 Å². The number of hydrogen-bond acceptors (Lipinski definition) is 3. The molecular weight excluding hydrogens is 220 g/mol. The molecule has 90 valence electrons. The lowest BCUT2D eigenvalue weighted by molar-refractivity contribution is -0.200. The highest BCUT2D eigenvalue weighted by Gasteiger charge is 2.52. The van der Waals surface area contributed by atoms with E-state index in [4.69, 9.17) is 4.74 Å². The highest BCUT2D eigenvalue weighted by molar-refractivity contribution is 7.09. The van der Waals surface area contributed by atoms with Gasteiger partial charge in [0.2, 0.25) is 0 Å². The average molecular weight is 240 g/mol. The molecule has 0 radical (unpaired) electrons. The van der Waals surface area contributed by atoms with Gasteiger partial charge in [0.25, 0.3) is 0 Å². The van der Waals surface area contributed by atoms with E-state index in [0.717, 1.165) is 19.3 Å². The summed E-state index contributed by atoms with van der Waals surface area (Å²) in [6, 6.07) is 4.14. The Morgan fingerprint density at radius 3 is 2.75 bits per heavy atom. The molecule has 16 heavy (non-hydrogen) atoms. The van der Waals surface area contributed by atoms with E-state index in [1.54, 1.807) is 11.3 Å². The normalized spacial score (nSPS) is 27.7. The minimum atomic E-state index is -0.171. The van der Waals surface area contributed by atoms with Crippen LogP contribution < -0.4 is 0 Å². The summed E-state index contributed by atoms with van der Waals surface area (Å²) in [4.78, 5) is 1.27. The van der Waals surface area contributed by atoms with E-state index in [9.17, 15) is 5.11 Å². The molecular formula is C13H20O2S. The lowest BCUT2D eigenvalue weighted by Crippen LogP contribution is -2.57. The molecule has 0 aliphatic heterocycles. The van der Waals surface area contributed by atoms with E-state index in [0.29, 0.717) is 6.61 Å². The fourth-order valence-corrected chi connectivity index (χ4v) is 3.34. The molecule has 1 N–H and O–H groups in total. The minimum Gasteiger partial charge on any atom is -0.392 e. The Bertz CT molecular complexity index is 317. The monoisotopic (exact) mass is 240 g/mol. The summed E-state index contributed by atoms with van der Waals surface area (Å²) in [5.41, 5.74) is 0.0112. The Morgan fingerprint density at radius 1 is 1.50 bits per heavy atom. The van der Waals surface area contributed by atoms with Crippen LogP contribution in [0.4, 0.5) is 0 Å². The van der Waals surface area contributed by atoms with Crippen LogP contribution in [0, 0.1) is 5.41 Å². The van der Waals surface area contributed by atoms with Gasteiger partial charge in [-0.2, -0.15) is 0 Å². The van der Waals surface area contributed by atoms with Gasteiger partial charge < -0.3 is 9.84 Å². The van der Waals surface area contributed by atoms with Gasteiger partial charge >= 0.3 is 0 Å². The second-order valence-electron chi connectivity index (χ2n) is 4.57. The van der Waals surface area contributed by atoms with Crippen LogP contribution in [0.15, 0.2) is 17.5 Å². The Hall–Kier alpha value is -0.380. The lowest BCUT2D eigenvalue weighted by Gasteiger charge is -2.52. The van der Waals surface area contributed by atoms with E-state index in [1.807, 2.05) is 6.07 Å². The predicted molar refractivity (Wildman–Crippen MR) is 66.5 cm³/mol. The molecule has 1 saturated carbocycles. The van der Waals surface area contributed by atoms with Crippen molar-refractivity contribution in [1.82, 2.24) is 0 Å². The molecule has 2 nitrogen and oxygen atoms in total. The highest BCUT2D eigenvalue weighted by atomic mass is 32.1. The third kappa shape index (κ3) is 1.92. The maximum atomic E-state index is 9.91. The molecule has 0 bridgehead atoms. The largest absolute Gasteiger partial charge is 0.392 e. The summed E-state index contributed by atoms with van der Waals surface area (Å²) in [7, 11) is 0. The third-order valence-corrected chi connectivity index (χ3v) is 4.92. The smallest absolute Gasteiger partial charge is 0.0813 e. The molecule has 2 rings (SSSR count). The fraction of sp³-hybridized carbons (Fsp3) is 0.692. The van der Waals surface area contributed by atoms with Gasteiger partial charge in [0.05, 0.1) is 18.8 Å². The van der Waals surface area contributed by atoms with Crippen LogP contribution in [0.1, 0.15) is 38.0 Å². The van der Waals surface area contributed by atoms with Gasteiger partial charge in [0.15, 0.2) is 0 Å². The van der Waals surface area contributed by atoms with Crippen molar-refractivity contribution in [1.29, 1.82) is 0 Å². The second kappa shape index (κ2) is 4.86. The van der Waals surface area contributed by atoms with Crippen LogP contribution in [-0.4, -0.2) is 17.3 Å². The van der Waals surface area contributed by atoms with Crippen molar-refractivity contribution in [2.24, 2.45) is 5.41 Å². The van der Waals surface area contributed by atoms with E-state index in [-0.39, 0.29) is 17.6 Å². The SMILES string of the molecule is CCC1(CC)C(O)CC1OCc1cccs1. The van der Waals surface area contributed by atoms with Crippen LogP contribution in [0.5, 0.6) is 0 Å². The van der Waals surface area contributed by atoms with Crippen molar-refractivity contribution in [2.75, 3.05) is 0 Å². The van der Waals surface area contributed by atoms with Crippen molar-refractivity contribution in [2.45, 2.75) is 51.9 Å². The Balaban J connectivity index is 1.91. The highest BCUT2D eigenvalue weighted by Crippen LogP contribution is 2.49. The molecule has 0 spiro atoms. The van der Waals surface area contributed by atoms with Crippen molar-refractivity contribution in [3.8, 4) is 0 Å². The molecule has 0 aromatic carbocycles. The first-order valence-electron chi connectivity index (χ1n) is 6.05. The van der Waals surface area contributed by atoms with E-state index in [1.165, 1.54) is 4.88 Å². The van der Waals surface area contributed by atoms with Crippen molar-refractivity contribution >= 4 is 11.3 Å². The number of rotatable bonds is 5. The molecule has 2 unspecified atom stereocenters. The Morgan fingerprint density at radius 2 is 2.25 bits per heavy atom. The molecule has 1 heterocycles. The number of thiophene rings is 1. The van der Waals surface area contributed by atoms with E-state index < -0.39 is 0 Å². The quantitative estimate of drug-likeness (QED) is 0.856. The maximum absolute atomic E-state index is 9.91. The first kappa shape index (κ1) is 12.1. The standard InChI is InChI=1S/C13H20O2S/c1-3-13(4-2)11(14)8-12(13)15-9-10-6-5-7-16-10/h5-7,11-12,14H,3-4,8-9H2,1-2H3. The van der Waals surface area contributed by atoms with Crippen molar-refractivity contribution in [3.05, 3.63) is 22.4 Å². The molecule has 0 saturated heterocycles. The molecule has 1 fully saturated rings. The Labute approximate surface area is 101 Å². The summed E-state index contributed by atoms with van der Waals surface area (Å²) < 4.78 is 5.94.